The standard InChI is InChI=1S/C22H27NO3S/c1-5-26-21(25)18-16-8-6-7-9-17(16)27-20(18)23-19(24)14-10-12-15(13-11-14)22(2,3)4/h10-13H,5-9H2,1-4H3,(H,23,24). The quantitative estimate of drug-likeness (QED) is 0.722. The van der Waals surface area contributed by atoms with E-state index in [-0.39, 0.29) is 17.3 Å². The molecule has 1 aromatic carbocycles. The molecule has 0 saturated carbocycles. The number of amides is 1. The molecule has 2 aromatic rings. The SMILES string of the molecule is CCOC(=O)c1c(NC(=O)c2ccc(C(C)(C)C)cc2)sc2c1CCCC2. The van der Waals surface area contributed by atoms with E-state index >= 15 is 0 Å². The van der Waals surface area contributed by atoms with Gasteiger partial charge in [-0.2, -0.15) is 0 Å². The number of carbonyl (C=O) groups excluding carboxylic acids is 2. The maximum Gasteiger partial charge on any atom is 0.341 e. The number of carbonyl (C=O) groups is 2. The number of hydrogen-bond donors (Lipinski definition) is 1. The maximum atomic E-state index is 12.8. The van der Waals surface area contributed by atoms with Crippen LogP contribution in [0.15, 0.2) is 24.3 Å². The average molecular weight is 386 g/mol. The highest BCUT2D eigenvalue weighted by atomic mass is 32.1. The van der Waals surface area contributed by atoms with E-state index in [0.29, 0.717) is 22.7 Å². The van der Waals surface area contributed by atoms with E-state index in [1.54, 1.807) is 6.92 Å². The first-order valence-electron chi connectivity index (χ1n) is 9.54. The summed E-state index contributed by atoms with van der Waals surface area (Å²) in [6.07, 6.45) is 4.02. The van der Waals surface area contributed by atoms with Crippen LogP contribution in [-0.2, 0) is 23.0 Å². The predicted molar refractivity (Wildman–Crippen MR) is 110 cm³/mol. The third kappa shape index (κ3) is 4.24. The van der Waals surface area contributed by atoms with E-state index in [0.717, 1.165) is 31.2 Å². The largest absolute Gasteiger partial charge is 0.462 e. The molecule has 0 spiro atoms. The molecule has 1 aliphatic carbocycles. The van der Waals surface area contributed by atoms with E-state index in [2.05, 4.69) is 26.1 Å². The Kier molecular flexibility index (Phi) is 5.70. The first-order chi connectivity index (χ1) is 12.8. The van der Waals surface area contributed by atoms with Crippen LogP contribution in [0.5, 0.6) is 0 Å². The third-order valence-electron chi connectivity index (χ3n) is 4.89. The van der Waals surface area contributed by atoms with Gasteiger partial charge in [-0.25, -0.2) is 4.79 Å². The molecule has 0 bridgehead atoms. The van der Waals surface area contributed by atoms with Crippen molar-refractivity contribution in [1.82, 2.24) is 0 Å². The minimum atomic E-state index is -0.338. The number of fused-ring (bicyclic) bond motifs is 1. The summed E-state index contributed by atoms with van der Waals surface area (Å²) in [7, 11) is 0. The number of thiophene rings is 1. The van der Waals surface area contributed by atoms with Gasteiger partial charge in [0.05, 0.1) is 12.2 Å². The molecule has 0 aliphatic heterocycles. The predicted octanol–water partition coefficient (Wildman–Crippen LogP) is 5.35. The second kappa shape index (κ2) is 7.85. The topological polar surface area (TPSA) is 55.4 Å². The fourth-order valence-corrected chi connectivity index (χ4v) is 4.64. The van der Waals surface area contributed by atoms with Crippen molar-refractivity contribution >= 4 is 28.2 Å². The molecule has 27 heavy (non-hydrogen) atoms. The minimum absolute atomic E-state index is 0.0406. The normalized spacial score (nSPS) is 13.8. The first-order valence-corrected chi connectivity index (χ1v) is 10.4. The lowest BCUT2D eigenvalue weighted by atomic mass is 9.87. The first kappa shape index (κ1) is 19.6. The molecule has 0 unspecified atom stereocenters. The van der Waals surface area contributed by atoms with E-state index in [1.165, 1.54) is 21.8 Å². The molecule has 0 atom stereocenters. The third-order valence-corrected chi connectivity index (χ3v) is 6.10. The van der Waals surface area contributed by atoms with Crippen molar-refractivity contribution in [2.45, 2.75) is 58.8 Å². The number of ether oxygens (including phenoxy) is 1. The Morgan fingerprint density at radius 2 is 1.78 bits per heavy atom. The summed E-state index contributed by atoms with van der Waals surface area (Å²) in [5.74, 6) is -0.533. The van der Waals surface area contributed by atoms with Crippen molar-refractivity contribution in [3.8, 4) is 0 Å². The van der Waals surface area contributed by atoms with Crippen LogP contribution in [0.1, 0.15) is 77.3 Å². The van der Waals surface area contributed by atoms with Crippen molar-refractivity contribution in [1.29, 1.82) is 0 Å². The zero-order valence-corrected chi connectivity index (χ0v) is 17.3. The van der Waals surface area contributed by atoms with Crippen LogP contribution in [0.3, 0.4) is 0 Å². The van der Waals surface area contributed by atoms with Gasteiger partial charge >= 0.3 is 5.97 Å². The van der Waals surface area contributed by atoms with E-state index < -0.39 is 0 Å². The average Bonchev–Trinajstić information content (AvgIpc) is 2.99. The molecule has 0 saturated heterocycles. The second-order valence-corrected chi connectivity index (χ2v) is 9.02. The number of hydrogen-bond acceptors (Lipinski definition) is 4. The van der Waals surface area contributed by atoms with Crippen molar-refractivity contribution in [2.24, 2.45) is 0 Å². The highest BCUT2D eigenvalue weighted by Gasteiger charge is 2.27. The Morgan fingerprint density at radius 1 is 1.11 bits per heavy atom. The molecule has 1 aromatic heterocycles. The smallest absolute Gasteiger partial charge is 0.341 e. The van der Waals surface area contributed by atoms with Crippen LogP contribution < -0.4 is 5.32 Å². The summed E-state index contributed by atoms with van der Waals surface area (Å²) in [6.45, 7) is 8.55. The highest BCUT2D eigenvalue weighted by Crippen LogP contribution is 2.38. The number of esters is 1. The second-order valence-electron chi connectivity index (χ2n) is 7.92. The van der Waals surface area contributed by atoms with Crippen LogP contribution in [0.2, 0.25) is 0 Å². The van der Waals surface area contributed by atoms with Crippen molar-refractivity contribution in [3.63, 3.8) is 0 Å². The summed E-state index contributed by atoms with van der Waals surface area (Å²) < 4.78 is 5.25. The van der Waals surface area contributed by atoms with Crippen LogP contribution in [0.25, 0.3) is 0 Å². The summed E-state index contributed by atoms with van der Waals surface area (Å²) in [4.78, 5) is 26.5. The fourth-order valence-electron chi connectivity index (χ4n) is 3.37. The molecule has 4 nitrogen and oxygen atoms in total. The summed E-state index contributed by atoms with van der Waals surface area (Å²) in [5.41, 5.74) is 3.42. The van der Waals surface area contributed by atoms with Crippen LogP contribution in [0.4, 0.5) is 5.00 Å². The number of nitrogens with one attached hydrogen (secondary N) is 1. The molecule has 1 N–H and O–H groups in total. The van der Waals surface area contributed by atoms with Crippen molar-refractivity contribution in [3.05, 3.63) is 51.4 Å². The monoisotopic (exact) mass is 385 g/mol. The molecule has 0 fully saturated rings. The van der Waals surface area contributed by atoms with Crippen molar-refractivity contribution in [2.75, 3.05) is 11.9 Å². The van der Waals surface area contributed by atoms with Crippen molar-refractivity contribution < 1.29 is 14.3 Å². The van der Waals surface area contributed by atoms with Gasteiger partial charge in [0.25, 0.3) is 5.91 Å². The van der Waals surface area contributed by atoms with E-state index in [1.807, 2.05) is 24.3 Å². The molecule has 1 aliphatic rings. The van der Waals surface area contributed by atoms with E-state index in [4.69, 9.17) is 4.74 Å². The van der Waals surface area contributed by atoms with Gasteiger partial charge in [-0.05, 0) is 61.3 Å². The number of rotatable bonds is 4. The maximum absolute atomic E-state index is 12.8. The zero-order chi connectivity index (χ0) is 19.6. The number of anilines is 1. The van der Waals surface area contributed by atoms with Gasteiger partial charge in [-0.3, -0.25) is 4.79 Å². The molecule has 5 heteroatoms. The molecule has 1 heterocycles. The Hall–Kier alpha value is -2.14. The van der Waals surface area contributed by atoms with Gasteiger partial charge in [-0.1, -0.05) is 32.9 Å². The summed E-state index contributed by atoms with van der Waals surface area (Å²) >= 11 is 1.51. The van der Waals surface area contributed by atoms with Gasteiger partial charge in [0.15, 0.2) is 0 Å². The Labute approximate surface area is 164 Å². The Balaban J connectivity index is 1.87. The Morgan fingerprint density at radius 3 is 2.41 bits per heavy atom. The van der Waals surface area contributed by atoms with Gasteiger partial charge in [-0.15, -0.1) is 11.3 Å². The van der Waals surface area contributed by atoms with Gasteiger partial charge in [0.1, 0.15) is 5.00 Å². The summed E-state index contributed by atoms with van der Waals surface area (Å²) in [6, 6.07) is 7.65. The minimum Gasteiger partial charge on any atom is -0.462 e. The van der Waals surface area contributed by atoms with Gasteiger partial charge < -0.3 is 10.1 Å². The molecule has 144 valence electrons. The fraction of sp³-hybridized carbons (Fsp3) is 0.455. The summed E-state index contributed by atoms with van der Waals surface area (Å²) in [5, 5.41) is 3.58. The lowest BCUT2D eigenvalue weighted by molar-refractivity contribution is 0.0526. The molecule has 1 amide bonds. The molecular weight excluding hydrogens is 358 g/mol. The highest BCUT2D eigenvalue weighted by molar-refractivity contribution is 7.17. The van der Waals surface area contributed by atoms with E-state index in [9.17, 15) is 9.59 Å². The molecular formula is C22H27NO3S. The van der Waals surface area contributed by atoms with Crippen LogP contribution in [0, 0.1) is 0 Å². The van der Waals surface area contributed by atoms with Crippen LogP contribution in [-0.4, -0.2) is 18.5 Å². The lowest BCUT2D eigenvalue weighted by Gasteiger charge is -2.19. The zero-order valence-electron chi connectivity index (χ0n) is 16.5. The van der Waals surface area contributed by atoms with Gasteiger partial charge in [0, 0.05) is 10.4 Å². The number of aryl methyl sites for hydroxylation is 1. The molecule has 0 radical (unpaired) electrons. The van der Waals surface area contributed by atoms with Crippen LogP contribution >= 0.6 is 11.3 Å². The van der Waals surface area contributed by atoms with Gasteiger partial charge in [0.2, 0.25) is 0 Å². The Bertz CT molecular complexity index is 844. The number of benzene rings is 1. The molecule has 3 rings (SSSR count). The lowest BCUT2D eigenvalue weighted by Crippen LogP contribution is -2.16.